The van der Waals surface area contributed by atoms with Gasteiger partial charge in [0.25, 0.3) is 0 Å². The van der Waals surface area contributed by atoms with Gasteiger partial charge in [-0.15, -0.1) is 0 Å². The van der Waals surface area contributed by atoms with E-state index in [0.29, 0.717) is 19.0 Å². The van der Waals surface area contributed by atoms with E-state index in [-0.39, 0.29) is 18.0 Å². The lowest BCUT2D eigenvalue weighted by atomic mass is 10.1. The summed E-state index contributed by atoms with van der Waals surface area (Å²) in [4.78, 5) is 0. The number of hydrogen-bond acceptors (Lipinski definition) is 3. The molecule has 2 unspecified atom stereocenters. The fourth-order valence-electron chi connectivity index (χ4n) is 2.15. The maximum atomic E-state index is 14.0. The van der Waals surface area contributed by atoms with Crippen LogP contribution >= 0.6 is 0 Å². The average Bonchev–Trinajstić information content (AvgIpc) is 2.91. The Morgan fingerprint density at radius 1 is 1.53 bits per heavy atom. The number of benzene rings is 1. The normalized spacial score (nSPS) is 20.5. The molecular weight excluding hydrogens is 245 g/mol. The molecule has 2 rings (SSSR count). The first-order valence-corrected chi connectivity index (χ1v) is 6.98. The van der Waals surface area contributed by atoms with Crippen LogP contribution in [-0.4, -0.2) is 25.9 Å². The monoisotopic (exact) mass is 267 g/mol. The van der Waals surface area contributed by atoms with Crippen LogP contribution in [0, 0.1) is 5.82 Å². The first-order valence-electron chi connectivity index (χ1n) is 6.98. The predicted molar refractivity (Wildman–Crippen MR) is 73.0 cm³/mol. The lowest BCUT2D eigenvalue weighted by Gasteiger charge is -2.16. The molecule has 0 bridgehead atoms. The minimum absolute atomic E-state index is 0.0176. The van der Waals surface area contributed by atoms with Gasteiger partial charge in [0.15, 0.2) is 11.6 Å². The smallest absolute Gasteiger partial charge is 0.165 e. The Bertz CT molecular complexity index is 405. The Balaban J connectivity index is 1.99. The Morgan fingerprint density at radius 2 is 2.37 bits per heavy atom. The van der Waals surface area contributed by atoms with Crippen molar-refractivity contribution in [1.29, 1.82) is 0 Å². The van der Waals surface area contributed by atoms with Gasteiger partial charge in [-0.1, -0.05) is 13.0 Å². The van der Waals surface area contributed by atoms with Crippen LogP contribution in [0.4, 0.5) is 4.39 Å². The van der Waals surface area contributed by atoms with Gasteiger partial charge in [0.1, 0.15) is 6.10 Å². The highest BCUT2D eigenvalue weighted by atomic mass is 19.1. The van der Waals surface area contributed by atoms with Gasteiger partial charge in [-0.3, -0.25) is 0 Å². The third kappa shape index (κ3) is 3.91. The van der Waals surface area contributed by atoms with Gasteiger partial charge in [-0.2, -0.15) is 0 Å². The molecule has 1 N–H and O–H groups in total. The van der Waals surface area contributed by atoms with Crippen LogP contribution in [0.25, 0.3) is 0 Å². The van der Waals surface area contributed by atoms with Crippen molar-refractivity contribution in [3.8, 4) is 5.75 Å². The second-order valence-electron chi connectivity index (χ2n) is 4.97. The molecular formula is C15H22FNO2. The lowest BCUT2D eigenvalue weighted by Crippen LogP contribution is -2.20. The lowest BCUT2D eigenvalue weighted by molar-refractivity contribution is 0.138. The minimum atomic E-state index is -0.297. The van der Waals surface area contributed by atoms with Gasteiger partial charge in [0, 0.05) is 12.5 Å². The van der Waals surface area contributed by atoms with Gasteiger partial charge in [-0.05, 0) is 37.6 Å². The molecule has 1 aromatic carbocycles. The van der Waals surface area contributed by atoms with E-state index >= 15 is 0 Å². The van der Waals surface area contributed by atoms with Crippen molar-refractivity contribution in [3.63, 3.8) is 0 Å². The van der Waals surface area contributed by atoms with Crippen LogP contribution in [0.15, 0.2) is 18.2 Å². The summed E-state index contributed by atoms with van der Waals surface area (Å²) in [6.45, 7) is 6.33. The summed E-state index contributed by atoms with van der Waals surface area (Å²) >= 11 is 0. The summed E-state index contributed by atoms with van der Waals surface area (Å²) in [5.74, 6) is 0.0245. The van der Waals surface area contributed by atoms with Crippen LogP contribution in [0.5, 0.6) is 5.75 Å². The van der Waals surface area contributed by atoms with E-state index in [1.807, 2.05) is 13.0 Å². The molecule has 1 heterocycles. The van der Waals surface area contributed by atoms with E-state index in [4.69, 9.17) is 9.47 Å². The molecule has 0 aromatic heterocycles. The highest BCUT2D eigenvalue weighted by Crippen LogP contribution is 2.24. The fourth-order valence-corrected chi connectivity index (χ4v) is 2.15. The maximum Gasteiger partial charge on any atom is 0.165 e. The Hall–Kier alpha value is -1.13. The summed E-state index contributed by atoms with van der Waals surface area (Å²) in [6, 6.07) is 5.34. The molecule has 106 valence electrons. The largest absolute Gasteiger partial charge is 0.485 e. The van der Waals surface area contributed by atoms with Crippen molar-refractivity contribution in [2.45, 2.75) is 38.8 Å². The first-order chi connectivity index (χ1) is 9.20. The molecule has 1 saturated heterocycles. The standard InChI is InChI=1S/C15H22FNO2/c1-3-7-17-11(2)12-4-5-15(14(16)9-12)19-13-6-8-18-10-13/h4-5,9,11,13,17H,3,6-8,10H2,1-2H3. The molecule has 0 radical (unpaired) electrons. The van der Waals surface area contributed by atoms with Crippen molar-refractivity contribution in [2.75, 3.05) is 19.8 Å². The molecule has 4 heteroatoms. The number of halogens is 1. The van der Waals surface area contributed by atoms with Crippen molar-refractivity contribution in [2.24, 2.45) is 0 Å². The van der Waals surface area contributed by atoms with Gasteiger partial charge in [0.05, 0.1) is 13.2 Å². The second kappa shape index (κ2) is 6.87. The van der Waals surface area contributed by atoms with Gasteiger partial charge in [-0.25, -0.2) is 4.39 Å². The summed E-state index contributed by atoms with van der Waals surface area (Å²) in [7, 11) is 0. The highest BCUT2D eigenvalue weighted by molar-refractivity contribution is 5.31. The summed E-state index contributed by atoms with van der Waals surface area (Å²) in [5.41, 5.74) is 0.945. The Morgan fingerprint density at radius 3 is 3.00 bits per heavy atom. The Labute approximate surface area is 114 Å². The van der Waals surface area contributed by atoms with E-state index in [1.165, 1.54) is 0 Å². The first kappa shape index (κ1) is 14.3. The SMILES string of the molecule is CCCNC(C)c1ccc(OC2CCOC2)c(F)c1. The zero-order valence-electron chi connectivity index (χ0n) is 11.6. The quantitative estimate of drug-likeness (QED) is 0.859. The summed E-state index contributed by atoms with van der Waals surface area (Å²) in [5, 5.41) is 3.34. The van der Waals surface area contributed by atoms with Crippen molar-refractivity contribution < 1.29 is 13.9 Å². The van der Waals surface area contributed by atoms with E-state index < -0.39 is 0 Å². The van der Waals surface area contributed by atoms with Gasteiger partial charge < -0.3 is 14.8 Å². The van der Waals surface area contributed by atoms with E-state index in [0.717, 1.165) is 24.9 Å². The van der Waals surface area contributed by atoms with Crippen LogP contribution in [0.2, 0.25) is 0 Å². The molecule has 1 aliphatic rings. The molecule has 0 saturated carbocycles. The van der Waals surface area contributed by atoms with Crippen LogP contribution < -0.4 is 10.1 Å². The highest BCUT2D eigenvalue weighted by Gasteiger charge is 2.19. The molecule has 1 fully saturated rings. The van der Waals surface area contributed by atoms with Crippen LogP contribution in [-0.2, 0) is 4.74 Å². The average molecular weight is 267 g/mol. The number of rotatable bonds is 6. The number of ether oxygens (including phenoxy) is 2. The van der Waals surface area contributed by atoms with Gasteiger partial charge >= 0.3 is 0 Å². The number of hydrogen-bond donors (Lipinski definition) is 1. The molecule has 2 atom stereocenters. The number of nitrogens with one attached hydrogen (secondary N) is 1. The molecule has 0 spiro atoms. The molecule has 19 heavy (non-hydrogen) atoms. The van der Waals surface area contributed by atoms with Crippen molar-refractivity contribution >= 4 is 0 Å². The topological polar surface area (TPSA) is 30.5 Å². The second-order valence-corrected chi connectivity index (χ2v) is 4.97. The van der Waals surface area contributed by atoms with Crippen molar-refractivity contribution in [1.82, 2.24) is 5.32 Å². The molecule has 1 aliphatic heterocycles. The predicted octanol–water partition coefficient (Wildman–Crippen LogP) is 3.05. The molecule has 1 aromatic rings. The summed E-state index contributed by atoms with van der Waals surface area (Å²) in [6.07, 6.45) is 1.88. The van der Waals surface area contributed by atoms with E-state index in [2.05, 4.69) is 12.2 Å². The van der Waals surface area contributed by atoms with Gasteiger partial charge in [0.2, 0.25) is 0 Å². The third-order valence-electron chi connectivity index (χ3n) is 3.34. The minimum Gasteiger partial charge on any atom is -0.485 e. The summed E-state index contributed by atoms with van der Waals surface area (Å²) < 4.78 is 24.8. The van der Waals surface area contributed by atoms with Crippen LogP contribution in [0.1, 0.15) is 38.3 Å². The van der Waals surface area contributed by atoms with E-state index in [9.17, 15) is 4.39 Å². The fraction of sp³-hybridized carbons (Fsp3) is 0.600. The third-order valence-corrected chi connectivity index (χ3v) is 3.34. The maximum absolute atomic E-state index is 14.0. The van der Waals surface area contributed by atoms with Crippen LogP contribution in [0.3, 0.4) is 0 Å². The molecule has 3 nitrogen and oxygen atoms in total. The Kier molecular flexibility index (Phi) is 5.16. The molecule has 0 aliphatic carbocycles. The zero-order chi connectivity index (χ0) is 13.7. The zero-order valence-corrected chi connectivity index (χ0v) is 11.6. The molecule has 0 amide bonds. The van der Waals surface area contributed by atoms with E-state index in [1.54, 1.807) is 12.1 Å². The van der Waals surface area contributed by atoms with Crippen molar-refractivity contribution in [3.05, 3.63) is 29.6 Å².